The Kier molecular flexibility index (Phi) is 6.62. The van der Waals surface area contributed by atoms with Crippen LogP contribution in [0.25, 0.3) is 0 Å². The Morgan fingerprint density at radius 2 is 2.11 bits per heavy atom. The molecule has 2 unspecified atom stereocenters. The van der Waals surface area contributed by atoms with Gasteiger partial charge in [-0.15, -0.1) is 0 Å². The normalized spacial score (nSPS) is 24.2. The molecule has 0 spiro atoms. The van der Waals surface area contributed by atoms with E-state index in [0.717, 1.165) is 6.42 Å². The smallest absolute Gasteiger partial charge is 0.391 e. The van der Waals surface area contributed by atoms with E-state index in [1.165, 1.54) is 0 Å². The van der Waals surface area contributed by atoms with Gasteiger partial charge in [-0.25, -0.2) is 0 Å². The molecule has 0 aromatic heterocycles. The lowest BCUT2D eigenvalue weighted by Crippen LogP contribution is -2.39. The second-order valence-corrected chi connectivity index (χ2v) is 4.96. The van der Waals surface area contributed by atoms with Crippen molar-refractivity contribution >= 4 is 5.97 Å². The molecular weight excluding hydrogens is 259 g/mol. The Bertz CT molecular complexity index is 282. The lowest BCUT2D eigenvalue weighted by Gasteiger charge is -2.31. The van der Waals surface area contributed by atoms with Crippen LogP contribution in [0.4, 0.5) is 13.2 Å². The first-order valence-electron chi connectivity index (χ1n) is 6.89. The highest BCUT2D eigenvalue weighted by Crippen LogP contribution is 2.37. The molecule has 3 nitrogen and oxygen atoms in total. The second-order valence-electron chi connectivity index (χ2n) is 4.96. The van der Waals surface area contributed by atoms with E-state index in [1.54, 1.807) is 6.92 Å². The second kappa shape index (κ2) is 7.72. The highest BCUT2D eigenvalue weighted by molar-refractivity contribution is 5.69. The summed E-state index contributed by atoms with van der Waals surface area (Å²) in [6.07, 6.45) is -1.37. The summed E-state index contributed by atoms with van der Waals surface area (Å²) >= 11 is 0. The Hall–Kier alpha value is -0.780. The van der Waals surface area contributed by atoms with Crippen LogP contribution < -0.4 is 5.32 Å². The molecule has 2 atom stereocenters. The zero-order valence-corrected chi connectivity index (χ0v) is 11.3. The Balaban J connectivity index is 2.17. The molecule has 0 radical (unpaired) electrons. The molecule has 0 aliphatic heterocycles. The van der Waals surface area contributed by atoms with Crippen molar-refractivity contribution in [3.8, 4) is 0 Å². The fraction of sp³-hybridized carbons (Fsp3) is 0.923. The number of esters is 1. The number of rotatable bonds is 6. The molecule has 6 heteroatoms. The minimum atomic E-state index is -4.08. The molecule has 0 saturated heterocycles. The molecule has 19 heavy (non-hydrogen) atoms. The molecule has 0 aromatic carbocycles. The Morgan fingerprint density at radius 3 is 2.74 bits per heavy atom. The van der Waals surface area contributed by atoms with Crippen molar-refractivity contribution in [3.05, 3.63) is 0 Å². The molecule has 0 bridgehead atoms. The number of ether oxygens (including phenoxy) is 1. The number of alkyl halides is 3. The van der Waals surface area contributed by atoms with E-state index in [9.17, 15) is 18.0 Å². The first-order valence-corrected chi connectivity index (χ1v) is 6.89. The number of halogens is 3. The number of hydrogen-bond donors (Lipinski definition) is 1. The third kappa shape index (κ3) is 6.27. The predicted octanol–water partition coefficient (Wildman–Crippen LogP) is 3.04. The molecule has 112 valence electrons. The van der Waals surface area contributed by atoms with Crippen molar-refractivity contribution < 1.29 is 22.7 Å². The van der Waals surface area contributed by atoms with Crippen molar-refractivity contribution in [3.63, 3.8) is 0 Å². The maximum atomic E-state index is 12.6. The quantitative estimate of drug-likeness (QED) is 0.600. The molecule has 1 saturated carbocycles. The van der Waals surface area contributed by atoms with E-state index < -0.39 is 12.1 Å². The zero-order valence-electron chi connectivity index (χ0n) is 11.3. The van der Waals surface area contributed by atoms with E-state index in [0.29, 0.717) is 32.4 Å². The van der Waals surface area contributed by atoms with Crippen molar-refractivity contribution in [1.29, 1.82) is 0 Å². The topological polar surface area (TPSA) is 38.3 Å². The van der Waals surface area contributed by atoms with E-state index in [1.807, 2.05) is 0 Å². The summed E-state index contributed by atoms with van der Waals surface area (Å²) in [4.78, 5) is 11.1. The summed E-state index contributed by atoms with van der Waals surface area (Å²) in [5.74, 6) is -1.43. The monoisotopic (exact) mass is 281 g/mol. The van der Waals surface area contributed by atoms with Gasteiger partial charge < -0.3 is 10.1 Å². The van der Waals surface area contributed by atoms with Crippen LogP contribution in [-0.2, 0) is 9.53 Å². The molecular formula is C13H22F3NO2. The summed E-state index contributed by atoms with van der Waals surface area (Å²) in [6.45, 7) is 2.67. The fourth-order valence-electron chi connectivity index (χ4n) is 2.44. The van der Waals surface area contributed by atoms with Gasteiger partial charge in [0, 0.05) is 12.5 Å². The molecule has 1 N–H and O–H groups in total. The largest absolute Gasteiger partial charge is 0.466 e. The third-order valence-corrected chi connectivity index (χ3v) is 3.43. The minimum Gasteiger partial charge on any atom is -0.466 e. The van der Waals surface area contributed by atoms with Gasteiger partial charge in [-0.3, -0.25) is 4.79 Å². The lowest BCUT2D eigenvalue weighted by atomic mass is 9.85. The zero-order chi connectivity index (χ0) is 14.3. The van der Waals surface area contributed by atoms with Crippen LogP contribution in [0.1, 0.15) is 45.4 Å². The highest BCUT2D eigenvalue weighted by Gasteiger charge is 2.41. The average molecular weight is 281 g/mol. The van der Waals surface area contributed by atoms with Gasteiger partial charge in [-0.2, -0.15) is 13.2 Å². The molecule has 1 aliphatic carbocycles. The molecule has 0 aromatic rings. The summed E-state index contributed by atoms with van der Waals surface area (Å²) < 4.78 is 42.6. The maximum Gasteiger partial charge on any atom is 0.391 e. The van der Waals surface area contributed by atoms with E-state index in [-0.39, 0.29) is 24.9 Å². The lowest BCUT2D eigenvalue weighted by molar-refractivity contribution is -0.183. The number of carbonyl (C=O) groups excluding carboxylic acids is 1. The van der Waals surface area contributed by atoms with Crippen LogP contribution >= 0.6 is 0 Å². The standard InChI is InChI=1S/C13H22F3NO2/c1-2-19-12(18)7-4-8-17-11-6-3-5-10(9-11)13(14,15)16/h10-11,17H,2-9H2,1H3. The number of carbonyl (C=O) groups is 1. The van der Waals surface area contributed by atoms with E-state index >= 15 is 0 Å². The van der Waals surface area contributed by atoms with Gasteiger partial charge in [0.2, 0.25) is 0 Å². The first-order chi connectivity index (χ1) is 8.93. The first kappa shape index (κ1) is 16.3. The fourth-order valence-corrected chi connectivity index (χ4v) is 2.44. The molecule has 0 amide bonds. The van der Waals surface area contributed by atoms with Gasteiger partial charge in [-0.1, -0.05) is 6.42 Å². The van der Waals surface area contributed by atoms with Crippen LogP contribution in [0.2, 0.25) is 0 Å². The summed E-state index contributed by atoms with van der Waals surface area (Å²) in [6, 6.07) is -0.0810. The number of hydrogen-bond acceptors (Lipinski definition) is 3. The molecule has 0 heterocycles. The summed E-state index contributed by atoms with van der Waals surface area (Å²) in [5, 5.41) is 3.11. The molecule has 1 fully saturated rings. The van der Waals surface area contributed by atoms with Crippen molar-refractivity contribution in [2.45, 2.75) is 57.7 Å². The SMILES string of the molecule is CCOC(=O)CCCNC1CCCC(C(F)(F)F)C1. The van der Waals surface area contributed by atoms with Crippen LogP contribution in [-0.4, -0.2) is 31.3 Å². The van der Waals surface area contributed by atoms with Crippen LogP contribution in [0.3, 0.4) is 0 Å². The van der Waals surface area contributed by atoms with Gasteiger partial charge in [0.25, 0.3) is 0 Å². The molecule has 1 aliphatic rings. The van der Waals surface area contributed by atoms with Gasteiger partial charge in [0.15, 0.2) is 0 Å². The molecule has 1 rings (SSSR count). The third-order valence-electron chi connectivity index (χ3n) is 3.43. The van der Waals surface area contributed by atoms with E-state index in [2.05, 4.69) is 5.32 Å². The van der Waals surface area contributed by atoms with Crippen LogP contribution in [0, 0.1) is 5.92 Å². The van der Waals surface area contributed by atoms with Gasteiger partial charge >= 0.3 is 12.1 Å². The summed E-state index contributed by atoms with van der Waals surface area (Å²) in [5.41, 5.74) is 0. The average Bonchev–Trinajstić information content (AvgIpc) is 2.34. The van der Waals surface area contributed by atoms with Gasteiger partial charge in [0.1, 0.15) is 0 Å². The van der Waals surface area contributed by atoms with Crippen molar-refractivity contribution in [1.82, 2.24) is 5.32 Å². The van der Waals surface area contributed by atoms with Crippen molar-refractivity contribution in [2.24, 2.45) is 5.92 Å². The Labute approximate surface area is 111 Å². The van der Waals surface area contributed by atoms with Crippen LogP contribution in [0.5, 0.6) is 0 Å². The Morgan fingerprint density at radius 1 is 1.37 bits per heavy atom. The number of nitrogens with one attached hydrogen (secondary N) is 1. The maximum absolute atomic E-state index is 12.6. The van der Waals surface area contributed by atoms with Crippen LogP contribution in [0.15, 0.2) is 0 Å². The minimum absolute atomic E-state index is 0.0810. The van der Waals surface area contributed by atoms with E-state index in [4.69, 9.17) is 4.74 Å². The van der Waals surface area contributed by atoms with Crippen molar-refractivity contribution in [2.75, 3.05) is 13.2 Å². The predicted molar refractivity (Wildman–Crippen MR) is 65.7 cm³/mol. The highest BCUT2D eigenvalue weighted by atomic mass is 19.4. The summed E-state index contributed by atoms with van der Waals surface area (Å²) in [7, 11) is 0. The van der Waals surface area contributed by atoms with Gasteiger partial charge in [-0.05, 0) is 39.2 Å². The van der Waals surface area contributed by atoms with Gasteiger partial charge in [0.05, 0.1) is 12.5 Å².